The Morgan fingerprint density at radius 3 is 1.74 bits per heavy atom. The SMILES string of the molecule is c1ccc(-n2c3cc(-n4c5ccccc5c5cccnc54)ccc3c3c(-c4ccc5c(c4)-c4ccccc4C54c5ccccc5-c5ccccc54)cccc32)cc1. The molecule has 0 fully saturated rings. The van der Waals surface area contributed by atoms with Gasteiger partial charge >= 0.3 is 0 Å². The van der Waals surface area contributed by atoms with Gasteiger partial charge in [0.25, 0.3) is 0 Å². The standard InChI is InChI=1S/C54H33N3/c1-2-14-35(15-3-1)56-50-26-12-20-37(52(50)43-29-28-36(33-51(43)56)57-49-25-11-7-19-41(49)42-21-13-31-55-53(42)57)34-27-30-48-44(32-34)40-18-6-10-24-47(40)54(48)45-22-8-4-16-38(45)39-17-5-9-23-46(39)54/h1-33H. The molecule has 0 unspecified atom stereocenters. The van der Waals surface area contributed by atoms with Crippen molar-refractivity contribution in [2.75, 3.05) is 0 Å². The molecule has 3 aromatic heterocycles. The van der Waals surface area contributed by atoms with E-state index in [0.717, 1.165) is 33.4 Å². The van der Waals surface area contributed by atoms with Crippen molar-refractivity contribution in [2.45, 2.75) is 5.41 Å². The van der Waals surface area contributed by atoms with Crippen molar-refractivity contribution < 1.29 is 0 Å². The van der Waals surface area contributed by atoms with Crippen LogP contribution in [0.4, 0.5) is 0 Å². The molecule has 0 atom stereocenters. The van der Waals surface area contributed by atoms with E-state index in [9.17, 15) is 0 Å². The fraction of sp³-hybridized carbons (Fsp3) is 0.0185. The predicted molar refractivity (Wildman–Crippen MR) is 235 cm³/mol. The van der Waals surface area contributed by atoms with Gasteiger partial charge in [-0.25, -0.2) is 4.98 Å². The Kier molecular flexibility index (Phi) is 6.10. The first-order valence-corrected chi connectivity index (χ1v) is 19.7. The minimum Gasteiger partial charge on any atom is -0.309 e. The fourth-order valence-electron chi connectivity index (χ4n) is 10.6. The molecule has 0 N–H and O–H groups in total. The number of hydrogen-bond acceptors (Lipinski definition) is 1. The van der Waals surface area contributed by atoms with Gasteiger partial charge in [0.2, 0.25) is 0 Å². The van der Waals surface area contributed by atoms with E-state index in [0.29, 0.717) is 0 Å². The van der Waals surface area contributed by atoms with Crippen LogP contribution in [0, 0.1) is 0 Å². The molecule has 57 heavy (non-hydrogen) atoms. The van der Waals surface area contributed by atoms with Crippen LogP contribution in [0.25, 0.3) is 88.5 Å². The Morgan fingerprint density at radius 2 is 0.965 bits per heavy atom. The Labute approximate surface area is 329 Å². The van der Waals surface area contributed by atoms with Crippen molar-refractivity contribution in [3.8, 4) is 44.8 Å². The van der Waals surface area contributed by atoms with Crippen molar-refractivity contribution in [3.05, 3.63) is 223 Å². The van der Waals surface area contributed by atoms with Gasteiger partial charge in [-0.1, -0.05) is 140 Å². The van der Waals surface area contributed by atoms with Gasteiger partial charge in [-0.2, -0.15) is 0 Å². The second-order valence-electron chi connectivity index (χ2n) is 15.4. The molecule has 3 heteroatoms. The fourth-order valence-corrected chi connectivity index (χ4v) is 10.6. The van der Waals surface area contributed by atoms with Gasteiger partial charge in [-0.3, -0.25) is 4.57 Å². The van der Waals surface area contributed by atoms with Gasteiger partial charge in [-0.05, 0) is 110 Å². The summed E-state index contributed by atoms with van der Waals surface area (Å²) in [4.78, 5) is 4.90. The molecule has 8 aromatic carbocycles. The molecule has 3 heterocycles. The van der Waals surface area contributed by atoms with E-state index in [1.807, 2.05) is 12.3 Å². The van der Waals surface area contributed by atoms with Gasteiger partial charge < -0.3 is 4.57 Å². The summed E-state index contributed by atoms with van der Waals surface area (Å²) < 4.78 is 4.74. The molecule has 3 nitrogen and oxygen atoms in total. The van der Waals surface area contributed by atoms with Crippen molar-refractivity contribution in [1.82, 2.24) is 14.1 Å². The third kappa shape index (κ3) is 3.92. The van der Waals surface area contributed by atoms with Crippen LogP contribution in [0.3, 0.4) is 0 Å². The molecule has 1 spiro atoms. The Bertz CT molecular complexity index is 3380. The van der Waals surface area contributed by atoms with Crippen LogP contribution < -0.4 is 0 Å². The van der Waals surface area contributed by atoms with Crippen molar-refractivity contribution in [2.24, 2.45) is 0 Å². The summed E-state index contributed by atoms with van der Waals surface area (Å²) in [6.07, 6.45) is 1.89. The summed E-state index contributed by atoms with van der Waals surface area (Å²) in [5.41, 5.74) is 19.5. The molecule has 264 valence electrons. The van der Waals surface area contributed by atoms with Gasteiger partial charge in [0.05, 0.1) is 22.0 Å². The predicted octanol–water partition coefficient (Wildman–Crippen LogP) is 13.3. The Balaban J connectivity index is 1.07. The van der Waals surface area contributed by atoms with Crippen molar-refractivity contribution >= 4 is 43.7 Å². The summed E-state index contributed by atoms with van der Waals surface area (Å²) in [5.74, 6) is 0. The minimum absolute atomic E-state index is 0.356. The van der Waals surface area contributed by atoms with Crippen molar-refractivity contribution in [3.63, 3.8) is 0 Å². The molecule has 0 saturated heterocycles. The highest BCUT2D eigenvalue weighted by atomic mass is 15.1. The van der Waals surface area contributed by atoms with Crippen LogP contribution in [-0.2, 0) is 5.41 Å². The average molecular weight is 724 g/mol. The smallest absolute Gasteiger partial charge is 0.145 e. The van der Waals surface area contributed by atoms with E-state index in [1.165, 1.54) is 77.3 Å². The minimum atomic E-state index is -0.356. The Morgan fingerprint density at radius 1 is 0.351 bits per heavy atom. The van der Waals surface area contributed by atoms with E-state index in [-0.39, 0.29) is 5.41 Å². The number of hydrogen-bond donors (Lipinski definition) is 0. The topological polar surface area (TPSA) is 22.8 Å². The molecule has 0 saturated carbocycles. The molecule has 11 aromatic rings. The summed E-state index contributed by atoms with van der Waals surface area (Å²) in [6, 6.07) is 71.7. The van der Waals surface area contributed by atoms with E-state index in [1.54, 1.807) is 0 Å². The number of nitrogens with zero attached hydrogens (tertiary/aromatic N) is 3. The second kappa shape index (κ2) is 11.3. The molecule has 0 aliphatic heterocycles. The van der Waals surface area contributed by atoms with Crippen LogP contribution in [0.15, 0.2) is 200 Å². The lowest BCUT2D eigenvalue weighted by atomic mass is 9.70. The first-order valence-electron chi connectivity index (χ1n) is 19.7. The summed E-state index contributed by atoms with van der Waals surface area (Å²) in [5, 5.41) is 4.83. The van der Waals surface area contributed by atoms with Gasteiger partial charge in [0.15, 0.2) is 0 Å². The zero-order valence-corrected chi connectivity index (χ0v) is 30.9. The van der Waals surface area contributed by atoms with Crippen LogP contribution in [0.5, 0.6) is 0 Å². The van der Waals surface area contributed by atoms with Gasteiger partial charge in [0, 0.05) is 39.1 Å². The number of benzene rings is 8. The zero-order chi connectivity index (χ0) is 37.2. The van der Waals surface area contributed by atoms with Gasteiger partial charge in [-0.15, -0.1) is 0 Å². The largest absolute Gasteiger partial charge is 0.309 e. The quantitative estimate of drug-likeness (QED) is 0.178. The van der Waals surface area contributed by atoms with E-state index in [4.69, 9.17) is 4.98 Å². The lowest BCUT2D eigenvalue weighted by molar-refractivity contribution is 0.794. The molecule has 0 bridgehead atoms. The third-order valence-electron chi connectivity index (χ3n) is 12.8. The molecular formula is C54H33N3. The second-order valence-corrected chi connectivity index (χ2v) is 15.4. The molecule has 0 radical (unpaired) electrons. The van der Waals surface area contributed by atoms with E-state index in [2.05, 4.69) is 197 Å². The Hall–Kier alpha value is -7.49. The normalized spacial score (nSPS) is 13.4. The lowest BCUT2D eigenvalue weighted by Gasteiger charge is -2.30. The number of rotatable bonds is 3. The van der Waals surface area contributed by atoms with E-state index >= 15 is 0 Å². The van der Waals surface area contributed by atoms with E-state index < -0.39 is 0 Å². The number of aromatic nitrogens is 3. The van der Waals surface area contributed by atoms with Crippen LogP contribution in [-0.4, -0.2) is 14.1 Å². The molecule has 13 rings (SSSR count). The first kappa shape index (κ1) is 30.8. The number of para-hydroxylation sites is 2. The number of pyridine rings is 1. The molecular weight excluding hydrogens is 691 g/mol. The highest BCUT2D eigenvalue weighted by Gasteiger charge is 2.51. The van der Waals surface area contributed by atoms with Gasteiger partial charge in [0.1, 0.15) is 5.65 Å². The maximum absolute atomic E-state index is 4.90. The number of fused-ring (bicyclic) bond motifs is 16. The lowest BCUT2D eigenvalue weighted by Crippen LogP contribution is -2.25. The van der Waals surface area contributed by atoms with Crippen LogP contribution >= 0.6 is 0 Å². The first-order chi connectivity index (χ1) is 28.3. The molecule has 0 amide bonds. The summed E-state index contributed by atoms with van der Waals surface area (Å²) in [6.45, 7) is 0. The third-order valence-corrected chi connectivity index (χ3v) is 12.8. The summed E-state index contributed by atoms with van der Waals surface area (Å²) in [7, 11) is 0. The zero-order valence-electron chi connectivity index (χ0n) is 30.9. The van der Waals surface area contributed by atoms with Crippen molar-refractivity contribution in [1.29, 1.82) is 0 Å². The molecule has 2 aliphatic carbocycles. The highest BCUT2D eigenvalue weighted by Crippen LogP contribution is 2.63. The maximum atomic E-state index is 4.90. The van der Waals surface area contributed by atoms with Crippen LogP contribution in [0.2, 0.25) is 0 Å². The maximum Gasteiger partial charge on any atom is 0.145 e. The molecule has 2 aliphatic rings. The average Bonchev–Trinajstić information content (AvgIpc) is 3.98. The summed E-state index contributed by atoms with van der Waals surface area (Å²) >= 11 is 0. The van der Waals surface area contributed by atoms with Crippen LogP contribution in [0.1, 0.15) is 22.3 Å². The monoisotopic (exact) mass is 723 g/mol. The highest BCUT2D eigenvalue weighted by molar-refractivity contribution is 6.17.